The van der Waals surface area contributed by atoms with E-state index in [2.05, 4.69) is 158 Å². The molecule has 0 saturated carbocycles. The summed E-state index contributed by atoms with van der Waals surface area (Å²) in [5.41, 5.74) is 13.6. The van der Waals surface area contributed by atoms with E-state index in [1.165, 1.54) is 11.4 Å². The highest BCUT2D eigenvalue weighted by Gasteiger charge is 2.29. The second-order valence-electron chi connectivity index (χ2n) is 16.5. The molecule has 2 aromatic rings. The Bertz CT molecular complexity index is 1750. The molecule has 2 aromatic carbocycles. The van der Waals surface area contributed by atoms with Crippen LogP contribution in [0, 0.1) is 17.8 Å². The third-order valence-electron chi connectivity index (χ3n) is 10.7. The van der Waals surface area contributed by atoms with Crippen LogP contribution in [0.25, 0.3) is 0 Å². The van der Waals surface area contributed by atoms with Gasteiger partial charge in [0.2, 0.25) is 5.91 Å². The van der Waals surface area contributed by atoms with Crippen molar-refractivity contribution in [3.8, 4) is 0 Å². The van der Waals surface area contributed by atoms with E-state index in [9.17, 15) is 19.2 Å². The summed E-state index contributed by atoms with van der Waals surface area (Å²) < 4.78 is 1.99. The van der Waals surface area contributed by atoms with Crippen molar-refractivity contribution < 1.29 is 29.4 Å². The van der Waals surface area contributed by atoms with Crippen molar-refractivity contribution in [1.29, 1.82) is 0 Å². The van der Waals surface area contributed by atoms with Gasteiger partial charge in [-0.25, -0.2) is 0 Å². The highest BCUT2D eigenvalue weighted by atomic mass is 127. The Morgan fingerprint density at radius 2 is 1.08 bits per heavy atom. The maximum atomic E-state index is 13.4. The van der Waals surface area contributed by atoms with E-state index in [0.717, 1.165) is 66.5 Å². The number of Topliss-reactive ketones (excluding diaryl/α,β-unsaturated/α-hetero) is 3. The zero-order valence-electron chi connectivity index (χ0n) is 46.1. The molecule has 8 N–H and O–H groups in total. The van der Waals surface area contributed by atoms with E-state index in [0.29, 0.717) is 25.2 Å². The van der Waals surface area contributed by atoms with Gasteiger partial charge in [0.25, 0.3) is 0 Å². The van der Waals surface area contributed by atoms with Crippen LogP contribution in [-0.4, -0.2) is 88.3 Å². The van der Waals surface area contributed by atoms with E-state index in [1.807, 2.05) is 104 Å². The molecule has 0 fully saturated rings. The van der Waals surface area contributed by atoms with Crippen LogP contribution in [0.4, 0.5) is 0 Å². The maximum Gasteiger partial charge on any atom is 0.237 e. The lowest BCUT2D eigenvalue weighted by atomic mass is 9.90. The number of hydrogen-bond acceptors (Lipinski definition) is 15. The molecule has 0 spiro atoms. The summed E-state index contributed by atoms with van der Waals surface area (Å²) in [6, 6.07) is 13.7. The van der Waals surface area contributed by atoms with Gasteiger partial charge >= 0.3 is 0 Å². The van der Waals surface area contributed by atoms with Crippen LogP contribution in [0.3, 0.4) is 0 Å². The summed E-state index contributed by atoms with van der Waals surface area (Å²) in [5, 5.41) is 24.0. The minimum absolute atomic E-state index is 0.00187. The zero-order valence-corrected chi connectivity index (χ0v) is 59.1. The number of carbonyl (C=O) groups is 4. The quantitative estimate of drug-likeness (QED) is 0.0297. The number of halogens is 3. The predicted molar refractivity (Wildman–Crippen MR) is 361 cm³/mol. The third-order valence-corrected chi connectivity index (χ3v) is 16.0. The first-order chi connectivity index (χ1) is 34.4. The molecule has 0 bridgehead atoms. The number of ketones is 3. The maximum absolute atomic E-state index is 13.4. The Morgan fingerprint density at radius 1 is 0.685 bits per heavy atom. The molecule has 3 unspecified atom stereocenters. The number of benzene rings is 2. The second kappa shape index (κ2) is 57.6. The van der Waals surface area contributed by atoms with Crippen LogP contribution in [0.1, 0.15) is 153 Å². The SMILES string of the molecule is CC.CC(I)I.CCCCC(NC(=O)[C@@H](N)[C@H](C)C(C)C)C(=O)CN[C@@H](CCCC)C(=O)Cc1ccccc1S(=S)CC.CCI.CCS(=S)c1ccccc1CC(O)O.CC[C@H](C)[C@H](N)C(C)=O.S=S.S=S. The fourth-order valence-corrected chi connectivity index (χ4v) is 8.95. The van der Waals surface area contributed by atoms with E-state index in [4.69, 9.17) is 44.1 Å². The van der Waals surface area contributed by atoms with Crippen molar-refractivity contribution in [3.05, 3.63) is 59.7 Å². The van der Waals surface area contributed by atoms with Gasteiger partial charge in [0.15, 0.2) is 17.9 Å². The van der Waals surface area contributed by atoms with Crippen LogP contribution in [0.15, 0.2) is 58.3 Å². The van der Waals surface area contributed by atoms with Crippen molar-refractivity contribution in [3.63, 3.8) is 0 Å². The number of alkyl halides is 3. The molecular weight excluding hydrogens is 1410 g/mol. The van der Waals surface area contributed by atoms with Gasteiger partial charge in [-0.1, -0.05) is 238 Å². The normalized spacial score (nSPS) is 13.4. The standard InChI is InChI=1S/C29H49N3O3S2.C10H14O2S2.C7H15NO.C2H4I2.C2H5I.C2H6.2S2/c1-7-10-15-23(25(33)18-22-14-12-13-17-27(22)37(36)9-3)31-19-26(34)24(16-11-8-2)32-29(35)28(30)21(6)20(4)5;1-2-14(13)9-6-4-3-5-8(9)7-10(11)12;1-4-5(2)7(8)6(3)9;1-2(3)4;1-2-3;3*1-2/h12-14,17,20-21,23-24,28,31H,7-11,15-16,18-19,30H2,1-6H3,(H,32,35);3-6,10-12H,2,7H2,1H3;5,7H,4,8H2,1-3H3;2H,1H3;2H2,1H3;1-2H3;;/t21-,23+,24?,28+,37?;;5-,7-;;;;;/m1.0...../s1. The Kier molecular flexibility index (Phi) is 67.3. The first-order valence-electron chi connectivity index (χ1n) is 25.0. The van der Waals surface area contributed by atoms with Gasteiger partial charge < -0.3 is 32.3 Å². The van der Waals surface area contributed by atoms with E-state index < -0.39 is 24.4 Å². The summed E-state index contributed by atoms with van der Waals surface area (Å²) in [4.78, 5) is 52.1. The molecular formula is C52H93I3N4O6S8. The van der Waals surface area contributed by atoms with Crippen molar-refractivity contribution >= 4 is 177 Å². The Morgan fingerprint density at radius 3 is 1.44 bits per heavy atom. The van der Waals surface area contributed by atoms with Gasteiger partial charge in [0.05, 0.1) is 32.6 Å². The molecule has 73 heavy (non-hydrogen) atoms. The van der Waals surface area contributed by atoms with Crippen LogP contribution in [0.2, 0.25) is 0 Å². The molecule has 0 heterocycles. The van der Waals surface area contributed by atoms with Crippen LogP contribution in [0.5, 0.6) is 0 Å². The molecule has 1 amide bonds. The molecule has 426 valence electrons. The smallest absolute Gasteiger partial charge is 0.237 e. The van der Waals surface area contributed by atoms with Crippen LogP contribution >= 0.6 is 67.8 Å². The predicted octanol–water partition coefficient (Wildman–Crippen LogP) is 10.9. The van der Waals surface area contributed by atoms with Gasteiger partial charge in [0, 0.05) is 67.4 Å². The fraction of sp³-hybridized carbons (Fsp3) is 0.692. The number of rotatable bonds is 26. The zero-order chi connectivity index (χ0) is 58.2. The lowest BCUT2D eigenvalue weighted by Gasteiger charge is -2.26. The third kappa shape index (κ3) is 45.4. The summed E-state index contributed by atoms with van der Waals surface area (Å²) in [7, 11) is -0.525. The van der Waals surface area contributed by atoms with Crippen molar-refractivity contribution in [2.75, 3.05) is 22.5 Å². The van der Waals surface area contributed by atoms with Gasteiger partial charge in [-0.3, -0.25) is 19.2 Å². The Hall–Kier alpha value is 0.930. The average Bonchev–Trinajstić information content (AvgIpc) is 3.38. The molecule has 8 atom stereocenters. The number of unbranched alkanes of at least 4 members (excludes halogenated alkanes) is 2. The number of nitrogens with one attached hydrogen (secondary N) is 2. The average molecular weight is 1510 g/mol. The Balaban J connectivity index is -0.000000252. The summed E-state index contributed by atoms with van der Waals surface area (Å²) in [6.45, 7) is 28.1. The number of hydrogen-bond donors (Lipinski definition) is 6. The van der Waals surface area contributed by atoms with Gasteiger partial charge in [-0.15, -0.1) is 0 Å². The molecule has 0 aliphatic carbocycles. The van der Waals surface area contributed by atoms with Crippen molar-refractivity contribution in [2.24, 2.45) is 29.2 Å². The summed E-state index contributed by atoms with van der Waals surface area (Å²) in [6.07, 6.45) is 5.05. The number of aliphatic hydroxyl groups is 2. The molecule has 0 saturated heterocycles. The minimum Gasteiger partial charge on any atom is -0.368 e. The molecule has 21 heteroatoms. The number of nitrogens with two attached hydrogens (primary N) is 2. The van der Waals surface area contributed by atoms with Crippen LogP contribution in [-0.2, 0) is 118 Å². The molecule has 0 aliphatic heterocycles. The summed E-state index contributed by atoms with van der Waals surface area (Å²) >= 11 is 32.6. The first-order valence-corrected chi connectivity index (χ1v) is 36.3. The van der Waals surface area contributed by atoms with E-state index >= 15 is 0 Å². The van der Waals surface area contributed by atoms with Gasteiger partial charge in [0.1, 0.15) is 5.78 Å². The van der Waals surface area contributed by atoms with Gasteiger partial charge in [-0.05, 0) is 106 Å². The number of aliphatic hydroxyl groups excluding tert-OH is 1. The Labute approximate surface area is 519 Å². The topological polar surface area (TPSA) is 185 Å². The van der Waals surface area contributed by atoms with E-state index in [1.54, 1.807) is 0 Å². The highest BCUT2D eigenvalue weighted by molar-refractivity contribution is 14.2. The lowest BCUT2D eigenvalue weighted by molar-refractivity contribution is -0.129. The minimum atomic E-state index is -1.29. The van der Waals surface area contributed by atoms with Crippen molar-refractivity contribution in [1.82, 2.24) is 10.6 Å². The molecule has 2 rings (SSSR count). The largest absolute Gasteiger partial charge is 0.368 e. The van der Waals surface area contributed by atoms with Crippen LogP contribution < -0.4 is 22.1 Å². The fourth-order valence-electron chi connectivity index (χ4n) is 6.02. The molecule has 0 aliphatic rings. The van der Waals surface area contributed by atoms with Gasteiger partial charge in [-0.2, -0.15) is 0 Å². The molecule has 0 radical (unpaired) electrons. The van der Waals surface area contributed by atoms with E-state index in [-0.39, 0.29) is 73.0 Å². The molecule has 10 nitrogen and oxygen atoms in total. The highest BCUT2D eigenvalue weighted by Crippen LogP contribution is 2.19. The molecule has 0 aromatic heterocycles. The second-order valence-corrected chi connectivity index (χ2v) is 30.0. The number of carbonyl (C=O) groups excluding carboxylic acids is 4. The monoisotopic (exact) mass is 1510 g/mol. The van der Waals surface area contributed by atoms with Crippen molar-refractivity contribution in [2.45, 2.75) is 197 Å². The first kappa shape index (κ1) is 85.2. The lowest BCUT2D eigenvalue weighted by Crippen LogP contribution is -2.53. The summed E-state index contributed by atoms with van der Waals surface area (Å²) in [5.74, 6) is 2.11. The number of amides is 1.